The van der Waals surface area contributed by atoms with Crippen molar-refractivity contribution in [2.75, 3.05) is 20.7 Å². The number of hydrogen-bond donors (Lipinski definition) is 0. The van der Waals surface area contributed by atoms with Crippen molar-refractivity contribution in [3.63, 3.8) is 0 Å². The van der Waals surface area contributed by atoms with Gasteiger partial charge in [0.2, 0.25) is 0 Å². The summed E-state index contributed by atoms with van der Waals surface area (Å²) in [5.41, 5.74) is 1.87. The Hall–Kier alpha value is -2.67. The summed E-state index contributed by atoms with van der Waals surface area (Å²) in [4.78, 5) is 27.2. The van der Waals surface area contributed by atoms with Crippen LogP contribution in [0.25, 0.3) is 15.9 Å². The number of rotatable bonds is 6. The highest BCUT2D eigenvalue weighted by Crippen LogP contribution is 2.31. The highest BCUT2D eigenvalue weighted by Gasteiger charge is 2.19. The smallest absolute Gasteiger partial charge is 0.305 e. The van der Waals surface area contributed by atoms with Crippen molar-refractivity contribution in [2.45, 2.75) is 19.8 Å². The van der Waals surface area contributed by atoms with Crippen molar-refractivity contribution in [2.24, 2.45) is 0 Å². The van der Waals surface area contributed by atoms with Crippen LogP contribution in [-0.2, 0) is 9.53 Å². The first kappa shape index (κ1) is 18.1. The lowest BCUT2D eigenvalue weighted by Gasteiger charge is -2.15. The molecule has 3 aromatic rings. The lowest BCUT2D eigenvalue weighted by Crippen LogP contribution is -2.27. The normalized spacial score (nSPS) is 10.9. The number of esters is 1. The lowest BCUT2D eigenvalue weighted by molar-refractivity contribution is -0.140. The molecular formula is C19H21N3O3S. The highest BCUT2D eigenvalue weighted by molar-refractivity contribution is 7.20. The van der Waals surface area contributed by atoms with Crippen LogP contribution >= 0.6 is 11.3 Å². The zero-order valence-corrected chi connectivity index (χ0v) is 15.9. The van der Waals surface area contributed by atoms with Crippen LogP contribution < -0.4 is 0 Å². The van der Waals surface area contributed by atoms with Crippen molar-refractivity contribution in [3.8, 4) is 5.69 Å². The third-order valence-corrected chi connectivity index (χ3v) is 5.30. The fourth-order valence-corrected chi connectivity index (χ4v) is 3.93. The predicted molar refractivity (Wildman–Crippen MR) is 102 cm³/mol. The van der Waals surface area contributed by atoms with Gasteiger partial charge in [0.15, 0.2) is 0 Å². The van der Waals surface area contributed by atoms with Crippen molar-refractivity contribution in [1.82, 2.24) is 14.7 Å². The number of carbonyl (C=O) groups excluding carboxylic acids is 2. The van der Waals surface area contributed by atoms with E-state index in [4.69, 9.17) is 0 Å². The summed E-state index contributed by atoms with van der Waals surface area (Å²) in [5.74, 6) is -0.304. The van der Waals surface area contributed by atoms with Gasteiger partial charge in [-0.15, -0.1) is 11.3 Å². The van der Waals surface area contributed by atoms with Gasteiger partial charge in [0.1, 0.15) is 4.83 Å². The molecule has 0 spiro atoms. The number of carbonyl (C=O) groups is 2. The minimum absolute atomic E-state index is 0.0462. The number of para-hydroxylation sites is 1. The largest absolute Gasteiger partial charge is 0.469 e. The Morgan fingerprint density at radius 1 is 1.27 bits per heavy atom. The van der Waals surface area contributed by atoms with Crippen LogP contribution in [0.3, 0.4) is 0 Å². The highest BCUT2D eigenvalue weighted by atomic mass is 32.1. The van der Waals surface area contributed by atoms with E-state index < -0.39 is 0 Å². The summed E-state index contributed by atoms with van der Waals surface area (Å²) < 4.78 is 6.50. The molecule has 0 saturated carbocycles. The molecule has 0 aliphatic heterocycles. The second-order valence-corrected chi connectivity index (χ2v) is 7.10. The molecule has 0 aliphatic rings. The second-order valence-electron chi connectivity index (χ2n) is 6.07. The van der Waals surface area contributed by atoms with E-state index in [0.29, 0.717) is 24.3 Å². The monoisotopic (exact) mass is 371 g/mol. The standard InChI is InChI=1S/C19H21N3O3S/c1-13-15-12-16(18(24)21(2)11-7-10-17(23)25-3)26-19(15)22(20-13)14-8-5-4-6-9-14/h4-6,8-9,12H,7,10-11H2,1-3H3. The number of aryl methyl sites for hydroxylation is 1. The maximum atomic E-state index is 12.7. The summed E-state index contributed by atoms with van der Waals surface area (Å²) in [6.45, 7) is 2.45. The van der Waals surface area contributed by atoms with Gasteiger partial charge in [0.05, 0.1) is 23.4 Å². The molecule has 7 heteroatoms. The van der Waals surface area contributed by atoms with Crippen LogP contribution in [0, 0.1) is 6.92 Å². The van der Waals surface area contributed by atoms with Crippen molar-refractivity contribution in [3.05, 3.63) is 47.0 Å². The molecule has 0 N–H and O–H groups in total. The third kappa shape index (κ3) is 3.62. The molecule has 0 radical (unpaired) electrons. The summed E-state index contributed by atoms with van der Waals surface area (Å²) in [5, 5.41) is 5.59. The molecule has 136 valence electrons. The Labute approximate surface area is 156 Å². The third-order valence-electron chi connectivity index (χ3n) is 4.20. The van der Waals surface area contributed by atoms with Gasteiger partial charge in [0, 0.05) is 25.4 Å². The molecular weight excluding hydrogens is 350 g/mol. The fourth-order valence-electron chi connectivity index (χ4n) is 2.75. The zero-order chi connectivity index (χ0) is 18.7. The van der Waals surface area contributed by atoms with Gasteiger partial charge in [-0.25, -0.2) is 4.68 Å². The van der Waals surface area contributed by atoms with Gasteiger partial charge in [-0.1, -0.05) is 18.2 Å². The summed E-state index contributed by atoms with van der Waals surface area (Å²) >= 11 is 1.44. The molecule has 0 unspecified atom stereocenters. The van der Waals surface area contributed by atoms with Gasteiger partial charge in [-0.2, -0.15) is 5.10 Å². The molecule has 1 amide bonds. The summed E-state index contributed by atoms with van der Waals surface area (Å²) in [6, 6.07) is 11.8. The maximum absolute atomic E-state index is 12.7. The summed E-state index contributed by atoms with van der Waals surface area (Å²) in [7, 11) is 3.12. The molecule has 6 nitrogen and oxygen atoms in total. The van der Waals surface area contributed by atoms with E-state index in [9.17, 15) is 9.59 Å². The molecule has 3 rings (SSSR count). The van der Waals surface area contributed by atoms with Gasteiger partial charge >= 0.3 is 5.97 Å². The Morgan fingerprint density at radius 3 is 2.69 bits per heavy atom. The number of hydrogen-bond acceptors (Lipinski definition) is 5. The molecule has 0 atom stereocenters. The second kappa shape index (κ2) is 7.70. The van der Waals surface area contributed by atoms with Crippen LogP contribution in [0.4, 0.5) is 0 Å². The average Bonchev–Trinajstić information content (AvgIpc) is 3.22. The number of benzene rings is 1. The van der Waals surface area contributed by atoms with Crippen molar-refractivity contribution < 1.29 is 14.3 Å². The molecule has 1 aromatic carbocycles. The number of amides is 1. The Kier molecular flexibility index (Phi) is 5.37. The molecule has 0 saturated heterocycles. The number of ether oxygens (including phenoxy) is 1. The predicted octanol–water partition coefficient (Wildman–Crippen LogP) is 3.42. The first-order valence-electron chi connectivity index (χ1n) is 8.38. The van der Waals surface area contributed by atoms with Gasteiger partial charge in [-0.05, 0) is 31.5 Å². The van der Waals surface area contributed by atoms with Crippen LogP contribution in [0.1, 0.15) is 28.2 Å². The van der Waals surface area contributed by atoms with Gasteiger partial charge in [-0.3, -0.25) is 9.59 Å². The van der Waals surface area contributed by atoms with E-state index in [1.165, 1.54) is 18.4 Å². The maximum Gasteiger partial charge on any atom is 0.305 e. The zero-order valence-electron chi connectivity index (χ0n) is 15.1. The summed E-state index contributed by atoms with van der Waals surface area (Å²) in [6.07, 6.45) is 0.888. The minimum atomic E-state index is -0.258. The van der Waals surface area contributed by atoms with Gasteiger partial charge in [0.25, 0.3) is 5.91 Å². The number of nitrogens with zero attached hydrogens (tertiary/aromatic N) is 3. The number of methoxy groups -OCH3 is 1. The van der Waals surface area contributed by atoms with Gasteiger partial charge < -0.3 is 9.64 Å². The van der Waals surface area contributed by atoms with E-state index >= 15 is 0 Å². The Balaban J connectivity index is 1.81. The van der Waals surface area contributed by atoms with E-state index in [0.717, 1.165) is 21.6 Å². The Morgan fingerprint density at radius 2 is 2.00 bits per heavy atom. The Bertz CT molecular complexity index is 930. The first-order chi connectivity index (χ1) is 12.5. The van der Waals surface area contributed by atoms with E-state index in [1.54, 1.807) is 11.9 Å². The lowest BCUT2D eigenvalue weighted by atomic mass is 10.2. The van der Waals surface area contributed by atoms with Crippen LogP contribution in [0.15, 0.2) is 36.4 Å². The van der Waals surface area contributed by atoms with Crippen LogP contribution in [0.2, 0.25) is 0 Å². The van der Waals surface area contributed by atoms with Crippen molar-refractivity contribution in [1.29, 1.82) is 0 Å². The van der Waals surface area contributed by atoms with Crippen LogP contribution in [-0.4, -0.2) is 47.3 Å². The number of aromatic nitrogens is 2. The molecule has 0 aliphatic carbocycles. The molecule has 0 bridgehead atoms. The molecule has 2 aromatic heterocycles. The van der Waals surface area contributed by atoms with Crippen LogP contribution in [0.5, 0.6) is 0 Å². The van der Waals surface area contributed by atoms with E-state index in [2.05, 4.69) is 9.84 Å². The first-order valence-corrected chi connectivity index (χ1v) is 9.19. The SMILES string of the molecule is COC(=O)CCCN(C)C(=O)c1cc2c(C)nn(-c3ccccc3)c2s1. The van der Waals surface area contributed by atoms with E-state index in [1.807, 2.05) is 48.0 Å². The molecule has 0 fully saturated rings. The number of thiophene rings is 1. The topological polar surface area (TPSA) is 64.4 Å². The minimum Gasteiger partial charge on any atom is -0.469 e. The quantitative estimate of drug-likeness (QED) is 0.623. The number of fused-ring (bicyclic) bond motifs is 1. The van der Waals surface area contributed by atoms with Crippen molar-refractivity contribution >= 4 is 33.4 Å². The molecule has 2 heterocycles. The van der Waals surface area contributed by atoms with E-state index in [-0.39, 0.29) is 11.9 Å². The molecule has 26 heavy (non-hydrogen) atoms. The fraction of sp³-hybridized carbons (Fsp3) is 0.316. The average molecular weight is 371 g/mol.